The van der Waals surface area contributed by atoms with Gasteiger partial charge in [-0.1, -0.05) is 91.8 Å². The minimum atomic E-state index is 0. The quantitative estimate of drug-likeness (QED) is 0.374. The van der Waals surface area contributed by atoms with Gasteiger partial charge in [0.2, 0.25) is 0 Å². The molecule has 0 spiro atoms. The second kappa shape index (κ2) is 19.3. The van der Waals surface area contributed by atoms with Gasteiger partial charge in [0, 0.05) is 26.4 Å². The zero-order valence-corrected chi connectivity index (χ0v) is 30.0. The fourth-order valence-electron chi connectivity index (χ4n) is 5.26. The fraction of sp³-hybridized carbons (Fsp3) is 0.588. The number of benzene rings is 2. The minimum absolute atomic E-state index is 0. The van der Waals surface area contributed by atoms with Gasteiger partial charge in [-0.2, -0.15) is 0 Å². The number of nitrogens with zero attached hydrogens (tertiary/aromatic N) is 2. The second-order valence-electron chi connectivity index (χ2n) is 12.1. The van der Waals surface area contributed by atoms with Gasteiger partial charge in [-0.3, -0.25) is 0 Å². The van der Waals surface area contributed by atoms with Crippen LogP contribution in [-0.2, 0) is 9.47 Å². The summed E-state index contributed by atoms with van der Waals surface area (Å²) in [5.74, 6) is 1.92. The summed E-state index contributed by atoms with van der Waals surface area (Å²) in [6.45, 7) is 22.3. The summed E-state index contributed by atoms with van der Waals surface area (Å²) in [6.07, 6.45) is 9.54. The van der Waals surface area contributed by atoms with Crippen molar-refractivity contribution in [1.29, 1.82) is 0 Å². The zero-order valence-electron chi connectivity index (χ0n) is 27.0. The summed E-state index contributed by atoms with van der Waals surface area (Å²) in [5, 5.41) is 0. The standard InChI is InChI=1S/C26H36BN2.2C4H8O.BrH.Mg/c1-17(2)21-11-9-12-22(18(3)4)25(21)28-15-16-29(27-28)26-23(19(5)6)13-10-14-24(26)20(7)8;2*1-2-4-5-3-1;;/h9-20H,1-8H3;2*1-4H2;1H;/q;;;;+2/p-1. The molecular formula is C34H52BBrMgN2O2+. The van der Waals surface area contributed by atoms with E-state index in [0.717, 1.165) is 26.4 Å². The maximum absolute atomic E-state index is 4.94. The Morgan fingerprint density at radius 2 is 1.00 bits per heavy atom. The zero-order chi connectivity index (χ0) is 28.4. The molecule has 2 aromatic rings. The Bertz CT molecular complexity index is 1030. The summed E-state index contributed by atoms with van der Waals surface area (Å²) in [4.78, 5) is 2.33. The van der Waals surface area contributed by atoms with E-state index in [0.29, 0.717) is 23.7 Å². The van der Waals surface area contributed by atoms with E-state index in [-0.39, 0.29) is 40.0 Å². The fourth-order valence-corrected chi connectivity index (χ4v) is 5.26. The average Bonchev–Trinajstić information content (AvgIpc) is 3.73. The van der Waals surface area contributed by atoms with Crippen molar-refractivity contribution in [2.75, 3.05) is 31.2 Å². The van der Waals surface area contributed by atoms with E-state index in [1.165, 1.54) is 59.3 Å². The summed E-state index contributed by atoms with van der Waals surface area (Å²) in [7, 11) is 2.26. The molecule has 3 aliphatic heterocycles. The van der Waals surface area contributed by atoms with Gasteiger partial charge in [-0.05, 0) is 71.6 Å². The molecule has 3 aliphatic rings. The van der Waals surface area contributed by atoms with E-state index < -0.39 is 0 Å². The van der Waals surface area contributed by atoms with Gasteiger partial charge in [-0.25, -0.2) is 0 Å². The van der Waals surface area contributed by atoms with Crippen molar-refractivity contribution in [1.82, 2.24) is 0 Å². The van der Waals surface area contributed by atoms with Crippen molar-refractivity contribution in [3.05, 3.63) is 71.1 Å². The number of para-hydroxylation sites is 2. The predicted molar refractivity (Wildman–Crippen MR) is 172 cm³/mol. The first-order chi connectivity index (χ1) is 18.7. The van der Waals surface area contributed by atoms with Crippen molar-refractivity contribution < 1.29 is 30.9 Å². The molecule has 0 aromatic heterocycles. The molecule has 0 saturated carbocycles. The Balaban J connectivity index is 0.000000587. The van der Waals surface area contributed by atoms with Crippen LogP contribution in [0.3, 0.4) is 0 Å². The summed E-state index contributed by atoms with van der Waals surface area (Å²) in [5.41, 5.74) is 8.29. The van der Waals surface area contributed by atoms with Gasteiger partial charge in [-0.15, -0.1) is 0 Å². The summed E-state index contributed by atoms with van der Waals surface area (Å²) in [6, 6.07) is 13.5. The third-order valence-corrected chi connectivity index (χ3v) is 7.49. The van der Waals surface area contributed by atoms with Crippen LogP contribution in [0.1, 0.15) is 127 Å². The van der Waals surface area contributed by atoms with Crippen LogP contribution in [-0.4, -0.2) is 61.2 Å². The Kier molecular flexibility index (Phi) is 17.9. The van der Waals surface area contributed by atoms with Crippen molar-refractivity contribution in [2.24, 2.45) is 0 Å². The number of halogens is 1. The van der Waals surface area contributed by atoms with Crippen molar-refractivity contribution >= 4 is 41.6 Å². The van der Waals surface area contributed by atoms with Crippen LogP contribution in [0.2, 0.25) is 0 Å². The molecule has 41 heavy (non-hydrogen) atoms. The smallest absolute Gasteiger partial charge is 1.00 e. The molecule has 5 rings (SSSR count). The minimum Gasteiger partial charge on any atom is -1.00 e. The molecule has 4 nitrogen and oxygen atoms in total. The molecule has 0 atom stereocenters. The van der Waals surface area contributed by atoms with E-state index in [9.17, 15) is 0 Å². The molecule has 3 heterocycles. The molecule has 0 aliphatic carbocycles. The maximum atomic E-state index is 4.94. The first kappa shape index (κ1) is 38.0. The van der Waals surface area contributed by atoms with Crippen LogP contribution in [0.4, 0.5) is 11.4 Å². The molecule has 2 fully saturated rings. The van der Waals surface area contributed by atoms with Gasteiger partial charge in [0.15, 0.2) is 7.21 Å². The largest absolute Gasteiger partial charge is 2.00 e. The first-order valence-electron chi connectivity index (χ1n) is 15.2. The van der Waals surface area contributed by atoms with Gasteiger partial charge < -0.3 is 35.7 Å². The van der Waals surface area contributed by atoms with Gasteiger partial charge in [0.1, 0.15) is 0 Å². The van der Waals surface area contributed by atoms with E-state index in [2.05, 4.69) is 121 Å². The Hall–Kier alpha value is -0.989. The topological polar surface area (TPSA) is 24.7 Å². The van der Waals surface area contributed by atoms with Crippen molar-refractivity contribution in [3.8, 4) is 0 Å². The molecule has 0 N–H and O–H groups in total. The molecule has 221 valence electrons. The van der Waals surface area contributed by atoms with Gasteiger partial charge >= 0.3 is 23.1 Å². The van der Waals surface area contributed by atoms with Gasteiger partial charge in [0.05, 0.1) is 23.8 Å². The molecule has 2 aromatic carbocycles. The summed E-state index contributed by atoms with van der Waals surface area (Å²) >= 11 is 0. The molecular weight excluding hydrogens is 583 g/mol. The first-order valence-corrected chi connectivity index (χ1v) is 15.2. The molecule has 0 unspecified atom stereocenters. The van der Waals surface area contributed by atoms with E-state index in [4.69, 9.17) is 9.47 Å². The molecule has 7 heteroatoms. The Morgan fingerprint density at radius 3 is 1.32 bits per heavy atom. The second-order valence-corrected chi connectivity index (χ2v) is 12.1. The van der Waals surface area contributed by atoms with E-state index in [1.54, 1.807) is 0 Å². The van der Waals surface area contributed by atoms with Crippen LogP contribution in [0.15, 0.2) is 48.8 Å². The van der Waals surface area contributed by atoms with Crippen molar-refractivity contribution in [3.63, 3.8) is 0 Å². The number of hydrogen-bond acceptors (Lipinski definition) is 3. The number of ether oxygens (including phenoxy) is 2. The number of rotatable bonds is 6. The molecule has 2 saturated heterocycles. The van der Waals surface area contributed by atoms with Crippen LogP contribution < -0.4 is 21.8 Å². The van der Waals surface area contributed by atoms with Crippen LogP contribution in [0.25, 0.3) is 0 Å². The monoisotopic (exact) mass is 634 g/mol. The predicted octanol–water partition coefficient (Wildman–Crippen LogP) is 5.84. The van der Waals surface area contributed by atoms with Crippen molar-refractivity contribution in [2.45, 2.75) is 105 Å². The third kappa shape index (κ3) is 10.9. The number of anilines is 1. The normalized spacial score (nSPS) is 15.8. The van der Waals surface area contributed by atoms with E-state index in [1.807, 2.05) is 0 Å². The maximum Gasteiger partial charge on any atom is 2.00 e. The Labute approximate surface area is 278 Å². The summed E-state index contributed by atoms with van der Waals surface area (Å²) < 4.78 is 12.2. The van der Waals surface area contributed by atoms with Crippen LogP contribution >= 0.6 is 0 Å². The van der Waals surface area contributed by atoms with Crippen LogP contribution in [0, 0.1) is 0 Å². The Morgan fingerprint density at radius 1 is 0.634 bits per heavy atom. The van der Waals surface area contributed by atoms with E-state index >= 15 is 0 Å². The molecule has 0 amide bonds. The average molecular weight is 636 g/mol. The number of hydrogen-bond donors (Lipinski definition) is 0. The molecule has 0 bridgehead atoms. The third-order valence-electron chi connectivity index (χ3n) is 7.49. The SMILES string of the molecule is C1CCOC1.C1CCOC1.CC(C)c1cccc(C(C)C)c1N1[B-]=[N+](c2c(C(C)C)cccc2C(C)C)C=C1.[Br-].[Mg+2]. The van der Waals surface area contributed by atoms with Gasteiger partial charge in [0.25, 0.3) is 0 Å². The molecule has 1 radical (unpaired) electrons. The van der Waals surface area contributed by atoms with Crippen LogP contribution in [0.5, 0.6) is 0 Å².